The van der Waals surface area contributed by atoms with Crippen LogP contribution < -0.4 is 5.73 Å². The molecular weight excluding hydrogens is 168 g/mol. The number of rotatable bonds is 1. The molecule has 0 spiro atoms. The molecule has 0 fully saturated rings. The maximum Gasteiger partial charge on any atom is 0.162 e. The number of benzene rings is 1. The van der Waals surface area contributed by atoms with E-state index in [0.29, 0.717) is 0 Å². The highest BCUT2D eigenvalue weighted by atomic mass is 16.3. The largest absolute Gasteiger partial charge is 0.506 e. The molecule has 0 saturated heterocycles. The summed E-state index contributed by atoms with van der Waals surface area (Å²) in [5.74, 6) is -0.505. The van der Waals surface area contributed by atoms with Crippen LogP contribution in [0.3, 0.4) is 0 Å². The van der Waals surface area contributed by atoms with Crippen molar-refractivity contribution in [1.82, 2.24) is 0 Å². The molecule has 0 unspecified atom stereocenters. The summed E-state index contributed by atoms with van der Waals surface area (Å²) in [6.45, 7) is 1.33. The zero-order valence-corrected chi connectivity index (χ0v) is 7.03. The molecule has 0 aliphatic rings. The molecule has 1 aromatic rings. The quantitative estimate of drug-likeness (QED) is 0.380. The lowest BCUT2D eigenvalue weighted by Gasteiger charge is -2.04. The first-order chi connectivity index (χ1) is 6.06. The minimum Gasteiger partial charge on any atom is -0.506 e. The van der Waals surface area contributed by atoms with Gasteiger partial charge in [-0.2, -0.15) is 5.26 Å². The van der Waals surface area contributed by atoms with Crippen molar-refractivity contribution >= 4 is 11.5 Å². The van der Waals surface area contributed by atoms with Crippen LogP contribution in [0.25, 0.3) is 0 Å². The van der Waals surface area contributed by atoms with Crippen LogP contribution in [0.15, 0.2) is 12.1 Å². The Morgan fingerprint density at radius 3 is 2.69 bits per heavy atom. The number of ketones is 1. The molecule has 0 aliphatic heterocycles. The summed E-state index contributed by atoms with van der Waals surface area (Å²) in [5, 5.41) is 17.8. The molecule has 3 N–H and O–H groups in total. The number of hydrogen-bond acceptors (Lipinski definition) is 4. The van der Waals surface area contributed by atoms with Gasteiger partial charge in [-0.25, -0.2) is 0 Å². The summed E-state index contributed by atoms with van der Waals surface area (Å²) in [7, 11) is 0. The number of nitrogens with two attached hydrogens (primary N) is 1. The monoisotopic (exact) mass is 176 g/mol. The van der Waals surface area contributed by atoms with Crippen LogP contribution in [0.2, 0.25) is 0 Å². The maximum atomic E-state index is 11.0. The molecular formula is C9H8N2O2. The topological polar surface area (TPSA) is 87.1 Å². The number of carbonyl (C=O) groups excluding carboxylic acids is 1. The summed E-state index contributed by atoms with van der Waals surface area (Å²) in [6.07, 6.45) is 0. The van der Waals surface area contributed by atoms with Crippen molar-refractivity contribution in [3.63, 3.8) is 0 Å². The standard InChI is InChI=1S/C9H8N2O2/c1-5(12)7-2-6(4-10)3-8(13)9(7)11/h2-3,13H,11H2,1H3. The highest BCUT2D eigenvalue weighted by Crippen LogP contribution is 2.25. The fraction of sp³-hybridized carbons (Fsp3) is 0.111. The van der Waals surface area contributed by atoms with E-state index in [4.69, 9.17) is 11.0 Å². The minimum atomic E-state index is -0.273. The van der Waals surface area contributed by atoms with Gasteiger partial charge in [0.05, 0.1) is 17.3 Å². The number of nitrogens with zero attached hydrogens (tertiary/aromatic N) is 1. The molecule has 0 radical (unpaired) electrons. The first-order valence-electron chi connectivity index (χ1n) is 3.59. The Labute approximate surface area is 75.2 Å². The molecule has 13 heavy (non-hydrogen) atoms. The normalized spacial score (nSPS) is 9.23. The summed E-state index contributed by atoms with van der Waals surface area (Å²) < 4.78 is 0. The van der Waals surface area contributed by atoms with Crippen LogP contribution in [-0.4, -0.2) is 10.9 Å². The van der Waals surface area contributed by atoms with E-state index < -0.39 is 0 Å². The molecule has 1 rings (SSSR count). The fourth-order valence-corrected chi connectivity index (χ4v) is 0.994. The number of carbonyl (C=O) groups is 1. The third kappa shape index (κ3) is 1.59. The number of hydrogen-bond donors (Lipinski definition) is 2. The smallest absolute Gasteiger partial charge is 0.162 e. The zero-order chi connectivity index (χ0) is 10.0. The lowest BCUT2D eigenvalue weighted by atomic mass is 10.1. The van der Waals surface area contributed by atoms with Gasteiger partial charge in [0, 0.05) is 5.56 Å². The van der Waals surface area contributed by atoms with Crippen molar-refractivity contribution in [3.05, 3.63) is 23.3 Å². The van der Waals surface area contributed by atoms with Gasteiger partial charge in [0.2, 0.25) is 0 Å². The van der Waals surface area contributed by atoms with Gasteiger partial charge in [0.25, 0.3) is 0 Å². The first kappa shape index (κ1) is 9.07. The number of anilines is 1. The fourth-order valence-electron chi connectivity index (χ4n) is 0.994. The molecule has 0 bridgehead atoms. The Balaban J connectivity index is 3.44. The van der Waals surface area contributed by atoms with Crippen molar-refractivity contribution in [2.45, 2.75) is 6.92 Å². The zero-order valence-electron chi connectivity index (χ0n) is 7.03. The molecule has 0 aromatic heterocycles. The predicted molar refractivity (Wildman–Crippen MR) is 47.2 cm³/mol. The van der Waals surface area contributed by atoms with Gasteiger partial charge < -0.3 is 10.8 Å². The first-order valence-corrected chi connectivity index (χ1v) is 3.59. The van der Waals surface area contributed by atoms with E-state index in [1.165, 1.54) is 19.1 Å². The van der Waals surface area contributed by atoms with E-state index in [-0.39, 0.29) is 28.3 Å². The number of phenolic OH excluding ortho intramolecular Hbond substituents is 1. The molecule has 0 amide bonds. The van der Waals surface area contributed by atoms with Crippen molar-refractivity contribution in [1.29, 1.82) is 5.26 Å². The van der Waals surface area contributed by atoms with Gasteiger partial charge in [-0.05, 0) is 19.1 Å². The van der Waals surface area contributed by atoms with Gasteiger partial charge in [0.1, 0.15) is 5.75 Å². The highest BCUT2D eigenvalue weighted by Gasteiger charge is 2.10. The number of nitriles is 1. The Kier molecular flexibility index (Phi) is 2.20. The lowest BCUT2D eigenvalue weighted by molar-refractivity contribution is 0.101. The van der Waals surface area contributed by atoms with E-state index in [1.807, 2.05) is 6.07 Å². The summed E-state index contributed by atoms with van der Waals surface area (Å²) >= 11 is 0. The molecule has 4 nitrogen and oxygen atoms in total. The Morgan fingerprint density at radius 2 is 2.23 bits per heavy atom. The van der Waals surface area contributed by atoms with Crippen LogP contribution in [0.1, 0.15) is 22.8 Å². The predicted octanol–water partition coefficient (Wildman–Crippen LogP) is 1.05. The summed E-state index contributed by atoms with van der Waals surface area (Å²) in [5.41, 5.74) is 5.84. The SMILES string of the molecule is CC(=O)c1cc(C#N)cc(O)c1N. The number of phenols is 1. The van der Waals surface area contributed by atoms with Crippen molar-refractivity contribution in [2.75, 3.05) is 5.73 Å². The van der Waals surface area contributed by atoms with Crippen molar-refractivity contribution in [3.8, 4) is 11.8 Å². The van der Waals surface area contributed by atoms with E-state index in [1.54, 1.807) is 0 Å². The Morgan fingerprint density at radius 1 is 1.62 bits per heavy atom. The van der Waals surface area contributed by atoms with Gasteiger partial charge in [-0.15, -0.1) is 0 Å². The van der Waals surface area contributed by atoms with Crippen LogP contribution in [-0.2, 0) is 0 Å². The summed E-state index contributed by atoms with van der Waals surface area (Å²) in [4.78, 5) is 11.0. The maximum absolute atomic E-state index is 11.0. The Hall–Kier alpha value is -2.02. The van der Waals surface area contributed by atoms with Gasteiger partial charge in [-0.1, -0.05) is 0 Å². The summed E-state index contributed by atoms with van der Waals surface area (Å²) in [6, 6.07) is 4.40. The number of Topliss-reactive ketones (excluding diaryl/α,β-unsaturated/α-hetero) is 1. The molecule has 0 heterocycles. The average Bonchev–Trinajstić information content (AvgIpc) is 2.09. The third-order valence-corrected chi connectivity index (χ3v) is 1.67. The second-order valence-electron chi connectivity index (χ2n) is 2.62. The van der Waals surface area contributed by atoms with Gasteiger partial charge in [0.15, 0.2) is 5.78 Å². The van der Waals surface area contributed by atoms with E-state index >= 15 is 0 Å². The lowest BCUT2D eigenvalue weighted by Crippen LogP contribution is -2.00. The molecule has 4 heteroatoms. The van der Waals surface area contributed by atoms with Crippen LogP contribution >= 0.6 is 0 Å². The average molecular weight is 176 g/mol. The van der Waals surface area contributed by atoms with Gasteiger partial charge in [-0.3, -0.25) is 4.79 Å². The van der Waals surface area contributed by atoms with E-state index in [9.17, 15) is 9.90 Å². The molecule has 0 aliphatic carbocycles. The molecule has 1 aromatic carbocycles. The van der Waals surface area contributed by atoms with E-state index in [0.717, 1.165) is 0 Å². The molecule has 0 saturated carbocycles. The molecule has 66 valence electrons. The Bertz CT molecular complexity index is 405. The van der Waals surface area contributed by atoms with E-state index in [2.05, 4.69) is 0 Å². The number of nitrogen functional groups attached to an aromatic ring is 1. The second kappa shape index (κ2) is 3.15. The van der Waals surface area contributed by atoms with Crippen molar-refractivity contribution < 1.29 is 9.90 Å². The van der Waals surface area contributed by atoms with Crippen molar-refractivity contribution in [2.24, 2.45) is 0 Å². The second-order valence-corrected chi connectivity index (χ2v) is 2.62. The van der Waals surface area contributed by atoms with Crippen LogP contribution in [0.4, 0.5) is 5.69 Å². The van der Waals surface area contributed by atoms with Crippen LogP contribution in [0, 0.1) is 11.3 Å². The van der Waals surface area contributed by atoms with Crippen LogP contribution in [0.5, 0.6) is 5.75 Å². The molecule has 0 atom stereocenters. The van der Waals surface area contributed by atoms with Gasteiger partial charge >= 0.3 is 0 Å². The highest BCUT2D eigenvalue weighted by molar-refractivity contribution is 6.00. The third-order valence-electron chi connectivity index (χ3n) is 1.67. The minimum absolute atomic E-state index is 0.0199. The number of aromatic hydroxyl groups is 1.